The van der Waals surface area contributed by atoms with Crippen LogP contribution in [-0.4, -0.2) is 41.0 Å². The Balaban J connectivity index is 1.79. The van der Waals surface area contributed by atoms with Crippen molar-refractivity contribution in [3.05, 3.63) is 48.0 Å². The van der Waals surface area contributed by atoms with Crippen LogP contribution in [0.15, 0.2) is 36.9 Å². The van der Waals surface area contributed by atoms with Gasteiger partial charge in [0.1, 0.15) is 12.1 Å². The Morgan fingerprint density at radius 1 is 1.42 bits per heavy atom. The number of aryl methyl sites for hydroxylation is 1. The molecular weight excluding hydrogens is 310 g/mol. The lowest BCUT2D eigenvalue weighted by Gasteiger charge is -2.16. The third-order valence-electron chi connectivity index (χ3n) is 3.68. The number of hydrogen-bond acceptors (Lipinski definition) is 6. The van der Waals surface area contributed by atoms with E-state index in [1.807, 2.05) is 20.2 Å². The number of phenols is 1. The number of tetrazole rings is 1. The van der Waals surface area contributed by atoms with Gasteiger partial charge < -0.3 is 10.4 Å². The van der Waals surface area contributed by atoms with E-state index in [2.05, 4.69) is 25.9 Å². The van der Waals surface area contributed by atoms with Gasteiger partial charge in [0.15, 0.2) is 0 Å². The summed E-state index contributed by atoms with van der Waals surface area (Å²) >= 11 is 0. The van der Waals surface area contributed by atoms with Gasteiger partial charge in [-0.1, -0.05) is 6.92 Å². The van der Waals surface area contributed by atoms with Gasteiger partial charge in [0.05, 0.1) is 23.5 Å². The van der Waals surface area contributed by atoms with Gasteiger partial charge >= 0.3 is 0 Å². The van der Waals surface area contributed by atoms with E-state index in [1.165, 1.54) is 23.1 Å². The zero-order chi connectivity index (χ0) is 17.1. The summed E-state index contributed by atoms with van der Waals surface area (Å²) in [4.78, 5) is 12.5. The van der Waals surface area contributed by atoms with Crippen molar-refractivity contribution in [3.63, 3.8) is 0 Å². The number of amides is 1. The number of benzene rings is 1. The molecular formula is C15H17N7O2. The van der Waals surface area contributed by atoms with Crippen molar-refractivity contribution in [2.75, 3.05) is 0 Å². The SMILES string of the molecule is CC[C@H](NC(=O)c1ccc(-n2cnnn2)cc1O)c1cnn(C)c1. The molecule has 1 atom stereocenters. The minimum atomic E-state index is -0.355. The van der Waals surface area contributed by atoms with Crippen LogP contribution in [0.4, 0.5) is 0 Å². The van der Waals surface area contributed by atoms with Crippen LogP contribution in [-0.2, 0) is 7.05 Å². The number of rotatable bonds is 5. The van der Waals surface area contributed by atoms with Crippen LogP contribution in [0.2, 0.25) is 0 Å². The Morgan fingerprint density at radius 2 is 2.25 bits per heavy atom. The maximum Gasteiger partial charge on any atom is 0.255 e. The monoisotopic (exact) mass is 327 g/mol. The smallest absolute Gasteiger partial charge is 0.255 e. The first kappa shape index (κ1) is 15.7. The lowest BCUT2D eigenvalue weighted by Crippen LogP contribution is -2.28. The second kappa shape index (κ2) is 6.49. The third kappa shape index (κ3) is 3.09. The van der Waals surface area contributed by atoms with E-state index in [4.69, 9.17) is 0 Å². The molecule has 0 unspecified atom stereocenters. The number of aromatic hydroxyl groups is 1. The molecule has 0 aliphatic carbocycles. The van der Waals surface area contributed by atoms with Gasteiger partial charge in [-0.25, -0.2) is 4.68 Å². The molecule has 9 nitrogen and oxygen atoms in total. The van der Waals surface area contributed by atoms with Gasteiger partial charge in [-0.3, -0.25) is 9.48 Å². The second-order valence-corrected chi connectivity index (χ2v) is 5.34. The van der Waals surface area contributed by atoms with Gasteiger partial charge in [0.2, 0.25) is 0 Å². The van der Waals surface area contributed by atoms with Gasteiger partial charge in [-0.05, 0) is 29.0 Å². The van der Waals surface area contributed by atoms with E-state index < -0.39 is 0 Å². The molecule has 0 fully saturated rings. The summed E-state index contributed by atoms with van der Waals surface area (Å²) < 4.78 is 3.08. The van der Waals surface area contributed by atoms with Crippen molar-refractivity contribution in [2.24, 2.45) is 7.05 Å². The largest absolute Gasteiger partial charge is 0.507 e. The second-order valence-electron chi connectivity index (χ2n) is 5.34. The van der Waals surface area contributed by atoms with Crippen molar-refractivity contribution in [1.82, 2.24) is 35.3 Å². The lowest BCUT2D eigenvalue weighted by molar-refractivity contribution is 0.0933. The van der Waals surface area contributed by atoms with E-state index in [0.29, 0.717) is 12.1 Å². The number of carbonyl (C=O) groups is 1. The van der Waals surface area contributed by atoms with Crippen molar-refractivity contribution in [1.29, 1.82) is 0 Å². The molecule has 3 rings (SSSR count). The quantitative estimate of drug-likeness (QED) is 0.723. The van der Waals surface area contributed by atoms with Crippen LogP contribution in [0.5, 0.6) is 5.75 Å². The molecule has 0 saturated heterocycles. The van der Waals surface area contributed by atoms with Crippen LogP contribution >= 0.6 is 0 Å². The number of hydrogen-bond donors (Lipinski definition) is 2. The fourth-order valence-corrected chi connectivity index (χ4v) is 2.41. The van der Waals surface area contributed by atoms with Crippen LogP contribution in [0, 0.1) is 0 Å². The normalized spacial score (nSPS) is 12.1. The highest BCUT2D eigenvalue weighted by molar-refractivity contribution is 5.97. The fourth-order valence-electron chi connectivity index (χ4n) is 2.41. The molecule has 1 amide bonds. The van der Waals surface area contributed by atoms with Gasteiger partial charge in [0, 0.05) is 24.9 Å². The topological polar surface area (TPSA) is 111 Å². The van der Waals surface area contributed by atoms with Crippen LogP contribution < -0.4 is 5.32 Å². The summed E-state index contributed by atoms with van der Waals surface area (Å²) in [6.45, 7) is 1.97. The molecule has 0 aliphatic heterocycles. The molecule has 0 radical (unpaired) electrons. The first-order valence-electron chi connectivity index (χ1n) is 7.44. The Labute approximate surface area is 137 Å². The van der Waals surface area contributed by atoms with Crippen molar-refractivity contribution < 1.29 is 9.90 Å². The maximum absolute atomic E-state index is 12.5. The van der Waals surface area contributed by atoms with Gasteiger partial charge in [-0.15, -0.1) is 5.10 Å². The molecule has 9 heteroatoms. The first-order valence-corrected chi connectivity index (χ1v) is 7.44. The summed E-state index contributed by atoms with van der Waals surface area (Å²) in [7, 11) is 1.82. The highest BCUT2D eigenvalue weighted by atomic mass is 16.3. The van der Waals surface area contributed by atoms with Gasteiger partial charge in [0.25, 0.3) is 5.91 Å². The van der Waals surface area contributed by atoms with Crippen molar-refractivity contribution >= 4 is 5.91 Å². The van der Waals surface area contributed by atoms with Crippen molar-refractivity contribution in [2.45, 2.75) is 19.4 Å². The maximum atomic E-state index is 12.5. The third-order valence-corrected chi connectivity index (χ3v) is 3.68. The predicted octanol–water partition coefficient (Wildman–Crippen LogP) is 0.982. The summed E-state index contributed by atoms with van der Waals surface area (Å²) in [5.41, 5.74) is 1.67. The van der Waals surface area contributed by atoms with Gasteiger partial charge in [-0.2, -0.15) is 5.10 Å². The van der Waals surface area contributed by atoms with E-state index in [9.17, 15) is 9.90 Å². The zero-order valence-corrected chi connectivity index (χ0v) is 13.3. The van der Waals surface area contributed by atoms with Crippen LogP contribution in [0.25, 0.3) is 5.69 Å². The Bertz CT molecular complexity index is 841. The minimum absolute atomic E-state index is 0.137. The average Bonchev–Trinajstić information content (AvgIpc) is 3.24. The number of nitrogens with zero attached hydrogens (tertiary/aromatic N) is 6. The van der Waals surface area contributed by atoms with E-state index in [-0.39, 0.29) is 23.3 Å². The molecule has 2 aromatic heterocycles. The van der Waals surface area contributed by atoms with Crippen LogP contribution in [0.1, 0.15) is 35.3 Å². The van der Waals surface area contributed by atoms with E-state index in [0.717, 1.165) is 5.56 Å². The molecule has 0 saturated carbocycles. The Kier molecular flexibility index (Phi) is 4.23. The molecule has 3 aromatic rings. The molecule has 0 spiro atoms. The summed E-state index contributed by atoms with van der Waals surface area (Å²) in [5.74, 6) is -0.493. The highest BCUT2D eigenvalue weighted by Crippen LogP contribution is 2.22. The van der Waals surface area contributed by atoms with Crippen LogP contribution in [0.3, 0.4) is 0 Å². The lowest BCUT2D eigenvalue weighted by atomic mass is 10.1. The predicted molar refractivity (Wildman–Crippen MR) is 84.5 cm³/mol. The number of carbonyl (C=O) groups excluding carboxylic acids is 1. The summed E-state index contributed by atoms with van der Waals surface area (Å²) in [6.07, 6.45) is 5.69. The Morgan fingerprint density at radius 3 is 2.83 bits per heavy atom. The number of nitrogens with one attached hydrogen (secondary N) is 1. The first-order chi connectivity index (χ1) is 11.6. The number of phenolic OH excluding ortho intramolecular Hbond substituents is 1. The standard InChI is InChI=1S/C15H17N7O2/c1-3-13(10-7-17-21(2)8-10)18-15(24)12-5-4-11(6-14(12)23)22-9-16-19-20-22/h4-9,13,23H,3H2,1-2H3,(H,18,24)/t13-/m0/s1. The Hall–Kier alpha value is -3.23. The molecule has 2 heterocycles. The molecule has 24 heavy (non-hydrogen) atoms. The molecule has 1 aromatic carbocycles. The van der Waals surface area contributed by atoms with Crippen molar-refractivity contribution in [3.8, 4) is 11.4 Å². The van der Waals surface area contributed by atoms with E-state index >= 15 is 0 Å². The summed E-state index contributed by atoms with van der Waals surface area (Å²) in [5, 5.41) is 28.0. The molecule has 0 bridgehead atoms. The molecule has 0 aliphatic rings. The highest BCUT2D eigenvalue weighted by Gasteiger charge is 2.18. The molecule has 124 valence electrons. The van der Waals surface area contributed by atoms with E-state index in [1.54, 1.807) is 16.9 Å². The molecule has 2 N–H and O–H groups in total. The zero-order valence-electron chi connectivity index (χ0n) is 13.3. The average molecular weight is 327 g/mol. The minimum Gasteiger partial charge on any atom is -0.507 e. The number of aromatic nitrogens is 6. The summed E-state index contributed by atoms with van der Waals surface area (Å²) in [6, 6.07) is 4.47. The fraction of sp³-hybridized carbons (Fsp3) is 0.267.